The van der Waals surface area contributed by atoms with Gasteiger partial charge in [0.1, 0.15) is 11.5 Å². The SMILES string of the molecule is Cc1cc(C(C)(C)C)cc(C)c1C(=O)Pc1ccc(OCCC(C)C)cc1OCCC(C)C. The average Bonchev–Trinajstić information content (AvgIpc) is 2.68. The van der Waals surface area contributed by atoms with Crippen LogP contribution in [0.15, 0.2) is 30.3 Å². The zero-order valence-corrected chi connectivity index (χ0v) is 23.1. The number of hydrogen-bond acceptors (Lipinski definition) is 3. The highest BCUT2D eigenvalue weighted by molar-refractivity contribution is 7.66. The topological polar surface area (TPSA) is 35.5 Å². The summed E-state index contributed by atoms with van der Waals surface area (Å²) in [6.07, 6.45) is 1.98. The lowest BCUT2D eigenvalue weighted by molar-refractivity contribution is 0.108. The van der Waals surface area contributed by atoms with Gasteiger partial charge in [-0.15, -0.1) is 0 Å². The van der Waals surface area contributed by atoms with Gasteiger partial charge in [-0.2, -0.15) is 0 Å². The predicted octanol–water partition coefficient (Wildman–Crippen LogP) is 7.59. The van der Waals surface area contributed by atoms with Gasteiger partial charge in [0.25, 0.3) is 0 Å². The fraction of sp³-hybridized carbons (Fsp3) is 0.552. The lowest BCUT2D eigenvalue weighted by atomic mass is 9.84. The number of hydrogen-bond donors (Lipinski definition) is 0. The number of carbonyl (C=O) groups excluding carboxylic acids is 1. The molecule has 2 aromatic rings. The van der Waals surface area contributed by atoms with Crippen LogP contribution < -0.4 is 14.8 Å². The van der Waals surface area contributed by atoms with Gasteiger partial charge in [-0.25, -0.2) is 0 Å². The van der Waals surface area contributed by atoms with E-state index in [1.807, 2.05) is 32.0 Å². The first-order valence-corrected chi connectivity index (χ1v) is 13.2. The molecule has 0 amide bonds. The summed E-state index contributed by atoms with van der Waals surface area (Å²) >= 11 is 0. The van der Waals surface area contributed by atoms with Gasteiger partial charge >= 0.3 is 0 Å². The third-order valence-corrected chi connectivity index (χ3v) is 6.90. The summed E-state index contributed by atoms with van der Waals surface area (Å²) in [5.41, 5.74) is 4.42. The molecule has 0 aliphatic rings. The maximum atomic E-state index is 13.4. The lowest BCUT2D eigenvalue weighted by Crippen LogP contribution is -2.14. The van der Waals surface area contributed by atoms with Crippen LogP contribution in [0.2, 0.25) is 0 Å². The number of carbonyl (C=O) groups is 1. The van der Waals surface area contributed by atoms with Crippen LogP contribution in [0.5, 0.6) is 11.5 Å². The van der Waals surface area contributed by atoms with E-state index < -0.39 is 0 Å². The summed E-state index contributed by atoms with van der Waals surface area (Å²) in [7, 11) is 0.0118. The number of benzene rings is 2. The highest BCUT2D eigenvalue weighted by Crippen LogP contribution is 2.32. The van der Waals surface area contributed by atoms with E-state index in [4.69, 9.17) is 9.47 Å². The summed E-state index contributed by atoms with van der Waals surface area (Å²) in [4.78, 5) is 13.4. The normalized spacial score (nSPS) is 12.2. The van der Waals surface area contributed by atoms with Crippen molar-refractivity contribution in [2.75, 3.05) is 13.2 Å². The highest BCUT2D eigenvalue weighted by Gasteiger charge is 2.20. The van der Waals surface area contributed by atoms with Crippen molar-refractivity contribution in [2.45, 2.75) is 80.6 Å². The van der Waals surface area contributed by atoms with E-state index in [9.17, 15) is 4.79 Å². The minimum atomic E-state index is 0.0118. The number of ether oxygens (including phenoxy) is 2. The molecule has 0 saturated heterocycles. The highest BCUT2D eigenvalue weighted by atomic mass is 31.1. The minimum absolute atomic E-state index is 0.0118. The summed E-state index contributed by atoms with van der Waals surface area (Å²) < 4.78 is 12.1. The molecule has 0 heterocycles. The molecule has 33 heavy (non-hydrogen) atoms. The second-order valence-corrected chi connectivity index (χ2v) is 12.2. The van der Waals surface area contributed by atoms with Gasteiger partial charge in [-0.3, -0.25) is 4.79 Å². The molecule has 2 rings (SSSR count). The predicted molar refractivity (Wildman–Crippen MR) is 143 cm³/mol. The molecule has 182 valence electrons. The van der Waals surface area contributed by atoms with Crippen molar-refractivity contribution in [3.63, 3.8) is 0 Å². The van der Waals surface area contributed by atoms with Crippen molar-refractivity contribution in [2.24, 2.45) is 11.8 Å². The molecular formula is C29H43O3P. The molecule has 0 N–H and O–H groups in total. The molecular weight excluding hydrogens is 427 g/mol. The van der Waals surface area contributed by atoms with Crippen LogP contribution in [0.1, 0.15) is 88.4 Å². The Morgan fingerprint density at radius 3 is 1.94 bits per heavy atom. The van der Waals surface area contributed by atoms with Crippen LogP contribution in [-0.4, -0.2) is 18.7 Å². The van der Waals surface area contributed by atoms with E-state index in [2.05, 4.69) is 60.6 Å². The van der Waals surface area contributed by atoms with Crippen molar-refractivity contribution < 1.29 is 14.3 Å². The first kappa shape index (κ1) is 27.4. The average molecular weight is 471 g/mol. The Bertz CT molecular complexity index is 915. The molecule has 0 aliphatic carbocycles. The quantitative estimate of drug-likeness (QED) is 0.317. The largest absolute Gasteiger partial charge is 0.493 e. The van der Waals surface area contributed by atoms with Gasteiger partial charge in [-0.05, 0) is 81.3 Å². The van der Waals surface area contributed by atoms with E-state index in [0.717, 1.165) is 46.3 Å². The zero-order chi connectivity index (χ0) is 24.8. The van der Waals surface area contributed by atoms with Crippen molar-refractivity contribution in [1.29, 1.82) is 0 Å². The Kier molecular flexibility index (Phi) is 9.98. The molecule has 1 unspecified atom stereocenters. The first-order chi connectivity index (χ1) is 15.4. The molecule has 0 fully saturated rings. The van der Waals surface area contributed by atoms with Gasteiger partial charge < -0.3 is 9.47 Å². The van der Waals surface area contributed by atoms with Gasteiger partial charge in [0, 0.05) is 16.9 Å². The smallest absolute Gasteiger partial charge is 0.186 e. The second-order valence-electron chi connectivity index (χ2n) is 10.9. The van der Waals surface area contributed by atoms with E-state index >= 15 is 0 Å². The summed E-state index contributed by atoms with van der Waals surface area (Å²) in [6, 6.07) is 10.2. The molecule has 0 saturated carbocycles. The minimum Gasteiger partial charge on any atom is -0.493 e. The maximum absolute atomic E-state index is 13.4. The van der Waals surface area contributed by atoms with Crippen molar-refractivity contribution >= 4 is 19.4 Å². The fourth-order valence-corrected chi connectivity index (χ4v) is 4.77. The number of rotatable bonds is 11. The second kappa shape index (κ2) is 12.0. The summed E-state index contributed by atoms with van der Waals surface area (Å²) in [5.74, 6) is 2.74. The standard InChI is InChI=1S/C29H43O3P/c1-19(2)12-14-31-24-10-11-26(25(18-24)32-15-13-20(3)4)33-28(30)27-21(5)16-23(17-22(27)6)29(7,8)9/h10-11,16-20,33H,12-15H2,1-9H3. The van der Waals surface area contributed by atoms with Crippen LogP contribution in [0.3, 0.4) is 0 Å². The summed E-state index contributed by atoms with van der Waals surface area (Å²) in [5, 5.41) is 0.943. The Morgan fingerprint density at radius 1 is 0.879 bits per heavy atom. The van der Waals surface area contributed by atoms with E-state index in [1.54, 1.807) is 0 Å². The molecule has 0 aliphatic heterocycles. The maximum Gasteiger partial charge on any atom is 0.186 e. The molecule has 0 aromatic heterocycles. The molecule has 0 bridgehead atoms. The Labute approximate surface area is 203 Å². The number of aryl methyl sites for hydroxylation is 2. The lowest BCUT2D eigenvalue weighted by Gasteiger charge is -2.22. The van der Waals surface area contributed by atoms with E-state index in [1.165, 1.54) is 5.56 Å². The van der Waals surface area contributed by atoms with Crippen LogP contribution >= 0.6 is 8.58 Å². The third kappa shape index (κ3) is 8.45. The van der Waals surface area contributed by atoms with Crippen LogP contribution in [0.25, 0.3) is 0 Å². The molecule has 0 radical (unpaired) electrons. The molecule has 1 atom stereocenters. The Balaban J connectivity index is 2.27. The van der Waals surface area contributed by atoms with Crippen LogP contribution in [0, 0.1) is 25.7 Å². The van der Waals surface area contributed by atoms with Crippen molar-refractivity contribution in [3.05, 3.63) is 52.6 Å². The van der Waals surface area contributed by atoms with Gasteiger partial charge in [0.05, 0.1) is 13.2 Å². The summed E-state index contributed by atoms with van der Waals surface area (Å²) in [6.45, 7) is 20.8. The Morgan fingerprint density at radius 2 is 1.42 bits per heavy atom. The van der Waals surface area contributed by atoms with E-state index in [0.29, 0.717) is 25.0 Å². The Hall–Kier alpha value is -1.86. The monoisotopic (exact) mass is 470 g/mol. The van der Waals surface area contributed by atoms with Crippen molar-refractivity contribution in [1.82, 2.24) is 0 Å². The zero-order valence-electron chi connectivity index (χ0n) is 22.1. The van der Waals surface area contributed by atoms with Crippen LogP contribution in [0.4, 0.5) is 0 Å². The first-order valence-electron chi connectivity index (χ1n) is 12.2. The van der Waals surface area contributed by atoms with E-state index in [-0.39, 0.29) is 19.5 Å². The fourth-order valence-electron chi connectivity index (χ4n) is 3.57. The van der Waals surface area contributed by atoms with Gasteiger partial charge in [-0.1, -0.05) is 60.6 Å². The molecule has 3 nitrogen and oxygen atoms in total. The molecule has 2 aromatic carbocycles. The third-order valence-electron chi connectivity index (χ3n) is 5.74. The van der Waals surface area contributed by atoms with Gasteiger partial charge in [0.15, 0.2) is 5.52 Å². The van der Waals surface area contributed by atoms with Crippen LogP contribution in [-0.2, 0) is 5.41 Å². The molecule has 4 heteroatoms. The van der Waals surface area contributed by atoms with Gasteiger partial charge in [0.2, 0.25) is 0 Å². The van der Waals surface area contributed by atoms with Crippen molar-refractivity contribution in [3.8, 4) is 11.5 Å². The molecule has 0 spiro atoms.